The Morgan fingerprint density at radius 3 is 2.50 bits per heavy atom. The molecular formula is C18H35N5O. The van der Waals surface area contributed by atoms with Gasteiger partial charge in [-0.3, -0.25) is 4.68 Å². The molecular weight excluding hydrogens is 302 g/mol. The van der Waals surface area contributed by atoms with Crippen molar-refractivity contribution in [2.45, 2.75) is 45.2 Å². The van der Waals surface area contributed by atoms with Crippen LogP contribution in [0.15, 0.2) is 0 Å². The van der Waals surface area contributed by atoms with Crippen molar-refractivity contribution in [3.63, 3.8) is 0 Å². The molecule has 2 heterocycles. The van der Waals surface area contributed by atoms with E-state index in [1.165, 1.54) is 29.9 Å². The van der Waals surface area contributed by atoms with Crippen molar-refractivity contribution in [1.29, 1.82) is 0 Å². The first kappa shape index (κ1) is 19.2. The standard InChI is InChI=1S/C18H35N5O/c1-14(2)17-16(18(21(3)4)22(5)20-17)13-19-15-7-9-23(10-8-15)11-12-24-6/h14-15,19H,7-13H2,1-6H3. The Morgan fingerprint density at radius 2 is 1.96 bits per heavy atom. The SMILES string of the molecule is COCCN1CCC(NCc2c(C(C)C)nn(C)c2N(C)C)CC1. The monoisotopic (exact) mass is 337 g/mol. The number of ether oxygens (including phenoxy) is 1. The lowest BCUT2D eigenvalue weighted by Crippen LogP contribution is -2.43. The number of nitrogens with one attached hydrogen (secondary N) is 1. The van der Waals surface area contributed by atoms with E-state index in [9.17, 15) is 0 Å². The van der Waals surface area contributed by atoms with Gasteiger partial charge in [-0.1, -0.05) is 13.8 Å². The first-order valence-electron chi connectivity index (χ1n) is 9.11. The van der Waals surface area contributed by atoms with Crippen LogP contribution in [-0.4, -0.2) is 68.2 Å². The van der Waals surface area contributed by atoms with Crippen molar-refractivity contribution in [2.75, 3.05) is 52.3 Å². The molecule has 1 saturated heterocycles. The maximum atomic E-state index is 5.18. The van der Waals surface area contributed by atoms with Gasteiger partial charge in [-0.25, -0.2) is 0 Å². The van der Waals surface area contributed by atoms with Crippen molar-refractivity contribution in [3.05, 3.63) is 11.3 Å². The third-order valence-corrected chi connectivity index (χ3v) is 4.88. The van der Waals surface area contributed by atoms with Crippen LogP contribution in [0.3, 0.4) is 0 Å². The van der Waals surface area contributed by atoms with Gasteiger partial charge in [0.2, 0.25) is 0 Å². The zero-order chi connectivity index (χ0) is 17.7. The number of piperidine rings is 1. The predicted octanol–water partition coefficient (Wildman–Crippen LogP) is 1.81. The summed E-state index contributed by atoms with van der Waals surface area (Å²) in [7, 11) is 8.01. The number of aromatic nitrogens is 2. The van der Waals surface area contributed by atoms with Crippen molar-refractivity contribution in [2.24, 2.45) is 7.05 Å². The summed E-state index contributed by atoms with van der Waals surface area (Å²) < 4.78 is 7.19. The Labute approximate surface area is 147 Å². The van der Waals surface area contributed by atoms with Gasteiger partial charge in [0.25, 0.3) is 0 Å². The first-order chi connectivity index (χ1) is 11.4. The molecule has 0 aliphatic carbocycles. The van der Waals surface area contributed by atoms with E-state index in [-0.39, 0.29) is 0 Å². The minimum Gasteiger partial charge on any atom is -0.383 e. The van der Waals surface area contributed by atoms with Gasteiger partial charge in [0, 0.05) is 52.9 Å². The van der Waals surface area contributed by atoms with Crippen LogP contribution in [0.1, 0.15) is 43.9 Å². The highest BCUT2D eigenvalue weighted by atomic mass is 16.5. The summed E-state index contributed by atoms with van der Waals surface area (Å²) in [5, 5.41) is 8.53. The van der Waals surface area contributed by atoms with E-state index in [0.29, 0.717) is 12.0 Å². The highest BCUT2D eigenvalue weighted by molar-refractivity contribution is 5.50. The van der Waals surface area contributed by atoms with Crippen LogP contribution >= 0.6 is 0 Å². The number of methoxy groups -OCH3 is 1. The molecule has 1 aliphatic rings. The van der Waals surface area contributed by atoms with Gasteiger partial charge >= 0.3 is 0 Å². The summed E-state index contributed by atoms with van der Waals surface area (Å²) in [4.78, 5) is 4.67. The van der Waals surface area contributed by atoms with E-state index in [0.717, 1.165) is 32.8 Å². The molecule has 1 aliphatic heterocycles. The van der Waals surface area contributed by atoms with Gasteiger partial charge in [-0.15, -0.1) is 0 Å². The molecule has 0 bridgehead atoms. The van der Waals surface area contributed by atoms with Crippen LogP contribution in [0.4, 0.5) is 5.82 Å². The molecule has 1 aromatic heterocycles. The van der Waals surface area contributed by atoms with E-state index in [1.54, 1.807) is 7.11 Å². The highest BCUT2D eigenvalue weighted by Crippen LogP contribution is 2.27. The molecule has 0 radical (unpaired) electrons. The maximum Gasteiger partial charge on any atom is 0.130 e. The summed E-state index contributed by atoms with van der Waals surface area (Å²) in [5.41, 5.74) is 2.56. The van der Waals surface area contributed by atoms with E-state index in [4.69, 9.17) is 9.84 Å². The van der Waals surface area contributed by atoms with Crippen LogP contribution in [0, 0.1) is 0 Å². The molecule has 0 unspecified atom stereocenters. The Balaban J connectivity index is 1.95. The van der Waals surface area contributed by atoms with E-state index in [1.807, 2.05) is 11.7 Å². The highest BCUT2D eigenvalue weighted by Gasteiger charge is 2.22. The lowest BCUT2D eigenvalue weighted by atomic mass is 10.0. The number of likely N-dealkylation sites (tertiary alicyclic amines) is 1. The van der Waals surface area contributed by atoms with Crippen LogP contribution in [0.2, 0.25) is 0 Å². The van der Waals surface area contributed by atoms with Gasteiger partial charge < -0.3 is 19.9 Å². The Kier molecular flexibility index (Phi) is 7.07. The average molecular weight is 338 g/mol. The molecule has 138 valence electrons. The van der Waals surface area contributed by atoms with Gasteiger partial charge in [0.05, 0.1) is 12.3 Å². The van der Waals surface area contributed by atoms with E-state index < -0.39 is 0 Å². The van der Waals surface area contributed by atoms with Gasteiger partial charge in [0.1, 0.15) is 5.82 Å². The second-order valence-corrected chi connectivity index (χ2v) is 7.35. The topological polar surface area (TPSA) is 45.6 Å². The van der Waals surface area contributed by atoms with Crippen molar-refractivity contribution in [3.8, 4) is 0 Å². The molecule has 6 nitrogen and oxygen atoms in total. The molecule has 0 spiro atoms. The summed E-state index contributed by atoms with van der Waals surface area (Å²) in [6, 6.07) is 0.596. The number of nitrogens with zero attached hydrogens (tertiary/aromatic N) is 4. The van der Waals surface area contributed by atoms with Crippen LogP contribution < -0.4 is 10.2 Å². The fraction of sp³-hybridized carbons (Fsp3) is 0.833. The first-order valence-corrected chi connectivity index (χ1v) is 9.11. The van der Waals surface area contributed by atoms with Gasteiger partial charge in [-0.2, -0.15) is 5.10 Å². The third kappa shape index (κ3) is 4.71. The Hall–Kier alpha value is -1.11. The number of rotatable bonds is 8. The second kappa shape index (κ2) is 8.83. The van der Waals surface area contributed by atoms with Crippen molar-refractivity contribution in [1.82, 2.24) is 20.0 Å². The molecule has 0 atom stereocenters. The minimum atomic E-state index is 0.442. The largest absolute Gasteiger partial charge is 0.383 e. The van der Waals surface area contributed by atoms with Crippen LogP contribution in [-0.2, 0) is 18.3 Å². The lowest BCUT2D eigenvalue weighted by molar-refractivity contribution is 0.126. The Bertz CT molecular complexity index is 504. The molecule has 1 aromatic rings. The second-order valence-electron chi connectivity index (χ2n) is 7.35. The molecule has 0 amide bonds. The molecule has 1 fully saturated rings. The van der Waals surface area contributed by atoms with Gasteiger partial charge in [0.15, 0.2) is 0 Å². The third-order valence-electron chi connectivity index (χ3n) is 4.88. The number of aryl methyl sites for hydroxylation is 1. The molecule has 0 saturated carbocycles. The Morgan fingerprint density at radius 1 is 1.29 bits per heavy atom. The summed E-state index contributed by atoms with van der Waals surface area (Å²) >= 11 is 0. The fourth-order valence-corrected chi connectivity index (χ4v) is 3.60. The number of hydrogen-bond donors (Lipinski definition) is 1. The van der Waals surface area contributed by atoms with Crippen molar-refractivity contribution >= 4 is 5.82 Å². The average Bonchev–Trinajstić information content (AvgIpc) is 2.88. The molecule has 24 heavy (non-hydrogen) atoms. The molecule has 1 N–H and O–H groups in total. The zero-order valence-electron chi connectivity index (χ0n) is 16.3. The van der Waals surface area contributed by atoms with Gasteiger partial charge in [-0.05, 0) is 31.8 Å². The van der Waals surface area contributed by atoms with E-state index >= 15 is 0 Å². The maximum absolute atomic E-state index is 5.18. The zero-order valence-corrected chi connectivity index (χ0v) is 16.3. The predicted molar refractivity (Wildman–Crippen MR) is 99.8 cm³/mol. The summed E-state index contributed by atoms with van der Waals surface area (Å²) in [6.45, 7) is 9.54. The number of anilines is 1. The van der Waals surface area contributed by atoms with E-state index in [2.05, 4.69) is 43.1 Å². The molecule has 0 aromatic carbocycles. The normalized spacial score (nSPS) is 17.0. The van der Waals surface area contributed by atoms with Crippen molar-refractivity contribution < 1.29 is 4.74 Å². The smallest absolute Gasteiger partial charge is 0.130 e. The quantitative estimate of drug-likeness (QED) is 0.784. The van der Waals surface area contributed by atoms with Crippen LogP contribution in [0.25, 0.3) is 0 Å². The molecule has 6 heteroatoms. The summed E-state index contributed by atoms with van der Waals surface area (Å²) in [6.07, 6.45) is 2.41. The molecule has 2 rings (SSSR count). The fourth-order valence-electron chi connectivity index (χ4n) is 3.60. The summed E-state index contributed by atoms with van der Waals surface area (Å²) in [5.74, 6) is 1.65. The van der Waals surface area contributed by atoms with Crippen LogP contribution in [0.5, 0.6) is 0 Å². The number of hydrogen-bond acceptors (Lipinski definition) is 5. The lowest BCUT2D eigenvalue weighted by Gasteiger charge is -2.32. The minimum absolute atomic E-state index is 0.442.